The van der Waals surface area contributed by atoms with Crippen molar-refractivity contribution in [1.29, 1.82) is 0 Å². The lowest BCUT2D eigenvalue weighted by atomic mass is 10.1. The van der Waals surface area contributed by atoms with Crippen molar-refractivity contribution in [1.82, 2.24) is 4.98 Å². The van der Waals surface area contributed by atoms with Crippen molar-refractivity contribution in [3.8, 4) is 0 Å². The molecule has 21 heavy (non-hydrogen) atoms. The van der Waals surface area contributed by atoms with Crippen LogP contribution in [0.1, 0.15) is 11.6 Å². The maximum Gasteiger partial charge on any atom is 0.245 e. The molecule has 0 fully saturated rings. The molecule has 0 saturated heterocycles. The molecule has 1 aromatic heterocycles. The van der Waals surface area contributed by atoms with E-state index in [0.717, 1.165) is 6.26 Å². The minimum atomic E-state index is -3.36. The third kappa shape index (κ3) is 3.87. The fourth-order valence-corrected chi connectivity index (χ4v) is 2.26. The van der Waals surface area contributed by atoms with Gasteiger partial charge in [0, 0.05) is 6.26 Å². The third-order valence-electron chi connectivity index (χ3n) is 2.82. The predicted octanol–water partition coefficient (Wildman–Crippen LogP) is 1.12. The van der Waals surface area contributed by atoms with Crippen molar-refractivity contribution in [2.75, 3.05) is 11.6 Å². The molecule has 0 bridgehead atoms. The highest BCUT2D eigenvalue weighted by molar-refractivity contribution is 7.90. The molecule has 0 saturated carbocycles. The number of anilines is 1. The SMILES string of the molecule is CS(=O)(=O)c1ccc(NC(=O)[C@@H](N)c2ccccc2)cn1. The standard InChI is InChI=1S/C14H15N3O3S/c1-21(19,20)12-8-7-11(9-16-12)17-14(18)13(15)10-5-3-2-4-6-10/h2-9,13H,15H2,1H3,(H,17,18)/t13-/m0/s1. The summed E-state index contributed by atoms with van der Waals surface area (Å²) in [5.74, 6) is -0.393. The number of hydrogen-bond acceptors (Lipinski definition) is 5. The molecular formula is C14H15N3O3S. The molecule has 110 valence electrons. The first kappa shape index (κ1) is 15.1. The number of hydrogen-bond donors (Lipinski definition) is 2. The number of pyridine rings is 1. The van der Waals surface area contributed by atoms with Crippen LogP contribution in [0, 0.1) is 0 Å². The first-order chi connectivity index (χ1) is 9.88. The number of amides is 1. The summed E-state index contributed by atoms with van der Waals surface area (Å²) in [6, 6.07) is 10.9. The second kappa shape index (κ2) is 6.02. The summed E-state index contributed by atoms with van der Waals surface area (Å²) in [6.45, 7) is 0. The van der Waals surface area contributed by atoms with Gasteiger partial charge in [0.2, 0.25) is 5.91 Å². The van der Waals surface area contributed by atoms with Gasteiger partial charge in [-0.15, -0.1) is 0 Å². The quantitative estimate of drug-likeness (QED) is 0.881. The molecule has 0 aliphatic heterocycles. The number of nitrogens with zero attached hydrogens (tertiary/aromatic N) is 1. The van der Waals surface area contributed by atoms with Gasteiger partial charge in [-0.2, -0.15) is 0 Å². The third-order valence-corrected chi connectivity index (χ3v) is 3.83. The summed E-state index contributed by atoms with van der Waals surface area (Å²) in [7, 11) is -3.36. The average molecular weight is 305 g/mol. The first-order valence-corrected chi connectivity index (χ1v) is 8.04. The molecule has 0 aliphatic carbocycles. The Balaban J connectivity index is 2.10. The topological polar surface area (TPSA) is 102 Å². The number of nitrogens with two attached hydrogens (primary N) is 1. The fraction of sp³-hybridized carbons (Fsp3) is 0.143. The molecule has 0 spiro atoms. The number of carbonyl (C=O) groups excluding carboxylic acids is 1. The molecule has 1 aromatic carbocycles. The molecule has 0 aliphatic rings. The van der Waals surface area contributed by atoms with Crippen LogP contribution in [0.25, 0.3) is 0 Å². The van der Waals surface area contributed by atoms with E-state index in [9.17, 15) is 13.2 Å². The van der Waals surface area contributed by atoms with Gasteiger partial charge in [-0.3, -0.25) is 4.79 Å². The highest BCUT2D eigenvalue weighted by atomic mass is 32.2. The lowest BCUT2D eigenvalue weighted by molar-refractivity contribution is -0.117. The van der Waals surface area contributed by atoms with E-state index in [1.807, 2.05) is 6.07 Å². The van der Waals surface area contributed by atoms with Gasteiger partial charge in [0.15, 0.2) is 14.9 Å². The molecule has 7 heteroatoms. The minimum Gasteiger partial charge on any atom is -0.323 e. The van der Waals surface area contributed by atoms with E-state index in [1.165, 1.54) is 18.3 Å². The van der Waals surface area contributed by atoms with Crippen molar-refractivity contribution in [3.05, 3.63) is 54.2 Å². The number of sulfone groups is 1. The van der Waals surface area contributed by atoms with Crippen LogP contribution in [-0.4, -0.2) is 25.6 Å². The summed E-state index contributed by atoms with van der Waals surface area (Å²) >= 11 is 0. The molecule has 3 N–H and O–H groups in total. The van der Waals surface area contributed by atoms with E-state index < -0.39 is 21.8 Å². The van der Waals surface area contributed by atoms with Crippen LogP contribution in [0.15, 0.2) is 53.7 Å². The normalized spacial score (nSPS) is 12.7. The summed E-state index contributed by atoms with van der Waals surface area (Å²) in [5, 5.41) is 2.55. The van der Waals surface area contributed by atoms with Gasteiger partial charge in [-0.25, -0.2) is 13.4 Å². The molecule has 1 atom stereocenters. The van der Waals surface area contributed by atoms with E-state index >= 15 is 0 Å². The van der Waals surface area contributed by atoms with Crippen LogP contribution in [0.4, 0.5) is 5.69 Å². The van der Waals surface area contributed by atoms with Gasteiger partial charge < -0.3 is 11.1 Å². The Kier molecular flexibility index (Phi) is 4.35. The zero-order valence-corrected chi connectivity index (χ0v) is 12.2. The zero-order chi connectivity index (χ0) is 15.5. The fourth-order valence-electron chi connectivity index (χ4n) is 1.71. The van der Waals surface area contributed by atoms with Crippen LogP contribution < -0.4 is 11.1 Å². The lowest BCUT2D eigenvalue weighted by Crippen LogP contribution is -2.27. The van der Waals surface area contributed by atoms with E-state index in [0.29, 0.717) is 11.3 Å². The Bertz CT molecular complexity index is 728. The molecule has 0 radical (unpaired) electrons. The van der Waals surface area contributed by atoms with E-state index in [2.05, 4.69) is 10.3 Å². The smallest absolute Gasteiger partial charge is 0.245 e. The van der Waals surface area contributed by atoms with Crippen molar-refractivity contribution in [3.63, 3.8) is 0 Å². The van der Waals surface area contributed by atoms with Crippen LogP contribution in [0.5, 0.6) is 0 Å². The highest BCUT2D eigenvalue weighted by Gasteiger charge is 2.16. The van der Waals surface area contributed by atoms with Crippen LogP contribution >= 0.6 is 0 Å². The minimum absolute atomic E-state index is 0.0483. The highest BCUT2D eigenvalue weighted by Crippen LogP contribution is 2.14. The molecular weight excluding hydrogens is 290 g/mol. The summed E-state index contributed by atoms with van der Waals surface area (Å²) < 4.78 is 22.6. The van der Waals surface area contributed by atoms with Gasteiger partial charge in [0.25, 0.3) is 0 Å². The summed E-state index contributed by atoms with van der Waals surface area (Å²) in [5.41, 5.74) is 6.94. The molecule has 2 aromatic rings. The maximum atomic E-state index is 12.0. The van der Waals surface area contributed by atoms with Gasteiger partial charge in [0.1, 0.15) is 6.04 Å². The average Bonchev–Trinajstić information content (AvgIpc) is 2.47. The van der Waals surface area contributed by atoms with Crippen LogP contribution in [0.3, 0.4) is 0 Å². The Morgan fingerprint density at radius 3 is 2.38 bits per heavy atom. The lowest BCUT2D eigenvalue weighted by Gasteiger charge is -2.12. The number of carbonyl (C=O) groups is 1. The van der Waals surface area contributed by atoms with Crippen molar-refractivity contribution in [2.24, 2.45) is 5.73 Å². The summed E-state index contributed by atoms with van der Waals surface area (Å²) in [6.07, 6.45) is 2.35. The maximum absolute atomic E-state index is 12.0. The molecule has 1 amide bonds. The molecule has 0 unspecified atom stereocenters. The molecule has 1 heterocycles. The van der Waals surface area contributed by atoms with Crippen molar-refractivity contribution in [2.45, 2.75) is 11.1 Å². The van der Waals surface area contributed by atoms with Gasteiger partial charge in [-0.05, 0) is 17.7 Å². The second-order valence-electron chi connectivity index (χ2n) is 4.53. The largest absolute Gasteiger partial charge is 0.323 e. The molecule has 6 nitrogen and oxygen atoms in total. The Morgan fingerprint density at radius 2 is 1.86 bits per heavy atom. The Morgan fingerprint density at radius 1 is 1.19 bits per heavy atom. The molecule has 2 rings (SSSR count). The van der Waals surface area contributed by atoms with E-state index in [4.69, 9.17) is 5.73 Å². The van der Waals surface area contributed by atoms with Crippen LogP contribution in [0.2, 0.25) is 0 Å². The Hall–Kier alpha value is -2.25. The monoisotopic (exact) mass is 305 g/mol. The van der Waals surface area contributed by atoms with Crippen molar-refractivity contribution < 1.29 is 13.2 Å². The van der Waals surface area contributed by atoms with E-state index in [-0.39, 0.29) is 5.03 Å². The summed E-state index contributed by atoms with van der Waals surface area (Å²) in [4.78, 5) is 15.8. The zero-order valence-electron chi connectivity index (χ0n) is 11.4. The predicted molar refractivity (Wildman–Crippen MR) is 79.3 cm³/mol. The van der Waals surface area contributed by atoms with Gasteiger partial charge in [-0.1, -0.05) is 30.3 Å². The van der Waals surface area contributed by atoms with Gasteiger partial charge in [0.05, 0.1) is 11.9 Å². The van der Waals surface area contributed by atoms with E-state index in [1.54, 1.807) is 24.3 Å². The number of rotatable bonds is 4. The number of nitrogens with one attached hydrogen (secondary N) is 1. The van der Waals surface area contributed by atoms with Gasteiger partial charge >= 0.3 is 0 Å². The second-order valence-corrected chi connectivity index (χ2v) is 6.50. The van der Waals surface area contributed by atoms with Crippen LogP contribution in [-0.2, 0) is 14.6 Å². The first-order valence-electron chi connectivity index (χ1n) is 6.15. The van der Waals surface area contributed by atoms with Crippen molar-refractivity contribution >= 4 is 21.4 Å². The number of benzene rings is 1. The number of aromatic nitrogens is 1. The Labute approximate surface area is 122 Å².